The number of rotatable bonds is 3. The molecule has 1 unspecified atom stereocenters. The van der Waals surface area contributed by atoms with E-state index >= 15 is 0 Å². The van der Waals surface area contributed by atoms with Crippen molar-refractivity contribution < 1.29 is 9.53 Å². The second-order valence-corrected chi connectivity index (χ2v) is 4.26. The zero-order valence-corrected chi connectivity index (χ0v) is 9.17. The first-order valence-corrected chi connectivity index (χ1v) is 4.69. The van der Waals surface area contributed by atoms with Crippen molar-refractivity contribution in [3.63, 3.8) is 0 Å². The minimum atomic E-state index is -0.717. The van der Waals surface area contributed by atoms with Crippen LogP contribution in [0, 0.1) is 0 Å². The number of ether oxygens (including phenoxy) is 1. The van der Waals surface area contributed by atoms with E-state index in [-0.39, 0.29) is 6.54 Å². The first-order chi connectivity index (χ1) is 6.88. The molecule has 6 heteroatoms. The minimum absolute atomic E-state index is 0.273. The lowest BCUT2D eigenvalue weighted by atomic mass is 10.2. The molecule has 1 rings (SSSR count). The maximum Gasteiger partial charge on any atom is 0.325 e. The Labute approximate surface area is 88.4 Å². The van der Waals surface area contributed by atoms with Crippen LogP contribution in [-0.4, -0.2) is 32.4 Å². The standard InChI is InChI=1S/C9H16N4O2/c1-9(2,3)15-8(14)7(10)4-13-6-11-5-12-13/h5-7H,4,10H2,1-3H3. The SMILES string of the molecule is CC(C)(C)OC(=O)C(N)Cn1cncn1. The number of hydrogen-bond acceptors (Lipinski definition) is 5. The van der Waals surface area contributed by atoms with E-state index in [1.807, 2.05) is 0 Å². The molecule has 2 N–H and O–H groups in total. The molecule has 1 atom stereocenters. The van der Waals surface area contributed by atoms with Gasteiger partial charge in [-0.2, -0.15) is 5.10 Å². The molecule has 0 saturated carbocycles. The van der Waals surface area contributed by atoms with E-state index in [1.165, 1.54) is 17.3 Å². The van der Waals surface area contributed by atoms with Gasteiger partial charge in [-0.1, -0.05) is 0 Å². The second-order valence-electron chi connectivity index (χ2n) is 4.26. The fraction of sp³-hybridized carbons (Fsp3) is 0.667. The van der Waals surface area contributed by atoms with Gasteiger partial charge in [-0.25, -0.2) is 4.98 Å². The molecule has 0 saturated heterocycles. The van der Waals surface area contributed by atoms with E-state index in [0.717, 1.165) is 0 Å². The van der Waals surface area contributed by atoms with Crippen molar-refractivity contribution in [2.24, 2.45) is 5.73 Å². The van der Waals surface area contributed by atoms with Gasteiger partial charge >= 0.3 is 5.97 Å². The summed E-state index contributed by atoms with van der Waals surface area (Å²) in [5.74, 6) is -0.432. The van der Waals surface area contributed by atoms with Crippen molar-refractivity contribution in [2.75, 3.05) is 0 Å². The van der Waals surface area contributed by atoms with E-state index in [0.29, 0.717) is 0 Å². The number of carbonyl (C=O) groups excluding carboxylic acids is 1. The largest absolute Gasteiger partial charge is 0.459 e. The van der Waals surface area contributed by atoms with Crippen LogP contribution in [0.4, 0.5) is 0 Å². The molecule has 1 heterocycles. The average Bonchev–Trinajstić information content (AvgIpc) is 2.53. The van der Waals surface area contributed by atoms with E-state index < -0.39 is 17.6 Å². The van der Waals surface area contributed by atoms with Gasteiger partial charge in [0.15, 0.2) is 0 Å². The number of nitrogens with two attached hydrogens (primary N) is 1. The first kappa shape index (κ1) is 11.6. The van der Waals surface area contributed by atoms with Gasteiger partial charge in [-0.15, -0.1) is 0 Å². The topological polar surface area (TPSA) is 83.0 Å². The van der Waals surface area contributed by atoms with Crippen LogP contribution in [-0.2, 0) is 16.1 Å². The number of carbonyl (C=O) groups is 1. The molecule has 15 heavy (non-hydrogen) atoms. The Morgan fingerprint density at radius 2 is 2.27 bits per heavy atom. The fourth-order valence-electron chi connectivity index (χ4n) is 0.981. The van der Waals surface area contributed by atoms with Gasteiger partial charge in [0.25, 0.3) is 0 Å². The summed E-state index contributed by atoms with van der Waals surface area (Å²) >= 11 is 0. The Hall–Kier alpha value is -1.43. The highest BCUT2D eigenvalue weighted by Gasteiger charge is 2.22. The Morgan fingerprint density at radius 3 is 2.73 bits per heavy atom. The summed E-state index contributed by atoms with van der Waals surface area (Å²) in [5.41, 5.74) is 5.14. The predicted octanol–water partition coefficient (Wildman–Crippen LogP) is -0.0529. The van der Waals surface area contributed by atoms with Crippen LogP contribution in [0.5, 0.6) is 0 Å². The van der Waals surface area contributed by atoms with Crippen LogP contribution in [0.25, 0.3) is 0 Å². The van der Waals surface area contributed by atoms with Crippen molar-refractivity contribution >= 4 is 5.97 Å². The van der Waals surface area contributed by atoms with Gasteiger partial charge in [0.1, 0.15) is 24.3 Å². The van der Waals surface area contributed by atoms with Gasteiger partial charge in [-0.3, -0.25) is 9.48 Å². The predicted molar refractivity (Wildman–Crippen MR) is 53.8 cm³/mol. The maximum atomic E-state index is 11.5. The molecule has 1 aromatic rings. The molecule has 0 bridgehead atoms. The molecule has 1 aromatic heterocycles. The quantitative estimate of drug-likeness (QED) is 0.710. The molecule has 0 fully saturated rings. The number of nitrogens with zero attached hydrogens (tertiary/aromatic N) is 3. The lowest BCUT2D eigenvalue weighted by Crippen LogP contribution is -2.40. The van der Waals surface area contributed by atoms with Crippen LogP contribution in [0.3, 0.4) is 0 Å². The number of hydrogen-bond donors (Lipinski definition) is 1. The molecule has 84 valence electrons. The third-order valence-corrected chi connectivity index (χ3v) is 1.56. The second kappa shape index (κ2) is 4.39. The summed E-state index contributed by atoms with van der Waals surface area (Å²) in [6.07, 6.45) is 2.89. The van der Waals surface area contributed by atoms with Crippen molar-refractivity contribution in [2.45, 2.75) is 39.0 Å². The lowest BCUT2D eigenvalue weighted by molar-refractivity contribution is -0.156. The molecule has 0 aliphatic rings. The molecule has 0 radical (unpaired) electrons. The molecule has 0 amide bonds. The van der Waals surface area contributed by atoms with Gasteiger partial charge < -0.3 is 10.5 Å². The van der Waals surface area contributed by atoms with Crippen molar-refractivity contribution in [1.82, 2.24) is 14.8 Å². The summed E-state index contributed by atoms with van der Waals surface area (Å²) in [6, 6.07) is -0.717. The van der Waals surface area contributed by atoms with Crippen LogP contribution in [0.2, 0.25) is 0 Å². The molecular weight excluding hydrogens is 196 g/mol. The van der Waals surface area contributed by atoms with Gasteiger partial charge in [0.2, 0.25) is 0 Å². The summed E-state index contributed by atoms with van der Waals surface area (Å²) < 4.78 is 6.62. The highest BCUT2D eigenvalue weighted by atomic mass is 16.6. The van der Waals surface area contributed by atoms with Crippen LogP contribution >= 0.6 is 0 Å². The summed E-state index contributed by atoms with van der Waals surface area (Å²) in [6.45, 7) is 5.67. The Morgan fingerprint density at radius 1 is 1.60 bits per heavy atom. The third kappa shape index (κ3) is 4.07. The minimum Gasteiger partial charge on any atom is -0.459 e. The van der Waals surface area contributed by atoms with E-state index in [4.69, 9.17) is 10.5 Å². The van der Waals surface area contributed by atoms with Gasteiger partial charge in [-0.05, 0) is 20.8 Å². The van der Waals surface area contributed by atoms with Crippen molar-refractivity contribution in [3.05, 3.63) is 12.7 Å². The van der Waals surface area contributed by atoms with Gasteiger partial charge in [0, 0.05) is 0 Å². The average molecular weight is 212 g/mol. The van der Waals surface area contributed by atoms with Crippen molar-refractivity contribution in [3.8, 4) is 0 Å². The van der Waals surface area contributed by atoms with Crippen LogP contribution < -0.4 is 5.73 Å². The van der Waals surface area contributed by atoms with Crippen LogP contribution in [0.1, 0.15) is 20.8 Å². The van der Waals surface area contributed by atoms with E-state index in [9.17, 15) is 4.79 Å². The molecule has 0 aliphatic carbocycles. The Kier molecular flexibility index (Phi) is 3.41. The molecule has 0 aromatic carbocycles. The Bertz CT molecular complexity index is 315. The van der Waals surface area contributed by atoms with Crippen LogP contribution in [0.15, 0.2) is 12.7 Å². The zero-order chi connectivity index (χ0) is 11.5. The van der Waals surface area contributed by atoms with E-state index in [2.05, 4.69) is 10.1 Å². The lowest BCUT2D eigenvalue weighted by Gasteiger charge is -2.21. The zero-order valence-electron chi connectivity index (χ0n) is 9.17. The summed E-state index contributed by atoms with van der Waals surface area (Å²) in [7, 11) is 0. The molecule has 0 spiro atoms. The third-order valence-electron chi connectivity index (χ3n) is 1.56. The van der Waals surface area contributed by atoms with E-state index in [1.54, 1.807) is 20.8 Å². The summed E-state index contributed by atoms with van der Waals surface area (Å²) in [5, 5.41) is 3.85. The smallest absolute Gasteiger partial charge is 0.325 e. The monoisotopic (exact) mass is 212 g/mol. The maximum absolute atomic E-state index is 11.5. The summed E-state index contributed by atoms with van der Waals surface area (Å²) in [4.78, 5) is 15.2. The molecular formula is C9H16N4O2. The van der Waals surface area contributed by atoms with Gasteiger partial charge in [0.05, 0.1) is 6.54 Å². The highest BCUT2D eigenvalue weighted by molar-refractivity contribution is 5.75. The fourth-order valence-corrected chi connectivity index (χ4v) is 0.981. The Balaban J connectivity index is 2.47. The first-order valence-electron chi connectivity index (χ1n) is 4.69. The normalized spacial score (nSPS) is 13.6. The number of esters is 1. The number of aromatic nitrogens is 3. The van der Waals surface area contributed by atoms with Crippen molar-refractivity contribution in [1.29, 1.82) is 0 Å². The highest BCUT2D eigenvalue weighted by Crippen LogP contribution is 2.08. The molecule has 6 nitrogen and oxygen atoms in total. The molecule has 0 aliphatic heterocycles.